The Morgan fingerprint density at radius 2 is 2.00 bits per heavy atom. The number of hydrogen-bond acceptors (Lipinski definition) is 8. The number of methoxy groups -OCH3 is 2. The van der Waals surface area contributed by atoms with Gasteiger partial charge in [-0.25, -0.2) is 9.78 Å². The lowest BCUT2D eigenvalue weighted by Gasteiger charge is -2.21. The molecule has 1 amide bonds. The van der Waals surface area contributed by atoms with E-state index in [0.29, 0.717) is 6.42 Å². The molecular weight excluding hydrogens is 362 g/mol. The minimum atomic E-state index is -0.740. The first-order valence-electron chi connectivity index (χ1n) is 7.97. The first kappa shape index (κ1) is 21.7. The highest BCUT2D eigenvalue weighted by atomic mass is 32.2. The van der Waals surface area contributed by atoms with Gasteiger partial charge in [0.15, 0.2) is 5.16 Å². The van der Waals surface area contributed by atoms with Crippen LogP contribution in [0.2, 0.25) is 0 Å². The minimum Gasteiger partial charge on any atom is -0.469 e. The van der Waals surface area contributed by atoms with Gasteiger partial charge in [0.1, 0.15) is 6.04 Å². The van der Waals surface area contributed by atoms with Crippen molar-refractivity contribution < 1.29 is 23.9 Å². The van der Waals surface area contributed by atoms with E-state index in [4.69, 9.17) is 4.74 Å². The summed E-state index contributed by atoms with van der Waals surface area (Å²) in [5, 5.41) is 2.83. The molecule has 0 fully saturated rings. The van der Waals surface area contributed by atoms with Gasteiger partial charge in [0.25, 0.3) is 5.56 Å². The van der Waals surface area contributed by atoms with E-state index in [2.05, 4.69) is 20.0 Å². The topological polar surface area (TPSA) is 127 Å². The Bertz CT molecular complexity index is 705. The quantitative estimate of drug-likeness (QED) is 0.352. The van der Waals surface area contributed by atoms with E-state index < -0.39 is 29.4 Å². The molecule has 10 heteroatoms. The number of carbonyl (C=O) groups is 3. The molecule has 0 saturated carbocycles. The largest absolute Gasteiger partial charge is 0.469 e. The average molecular weight is 385 g/mol. The van der Waals surface area contributed by atoms with Gasteiger partial charge in [0, 0.05) is 6.07 Å². The highest BCUT2D eigenvalue weighted by Gasteiger charge is 2.26. The van der Waals surface area contributed by atoms with Crippen LogP contribution in [0.3, 0.4) is 0 Å². The maximum Gasteiger partial charge on any atom is 0.328 e. The van der Waals surface area contributed by atoms with Crippen LogP contribution in [0, 0.1) is 5.92 Å². The Hall–Kier alpha value is -2.36. The lowest BCUT2D eigenvalue weighted by atomic mass is 9.99. The molecule has 0 radical (unpaired) electrons. The van der Waals surface area contributed by atoms with Crippen molar-refractivity contribution in [3.8, 4) is 0 Å². The van der Waals surface area contributed by atoms with Gasteiger partial charge >= 0.3 is 11.9 Å². The molecule has 26 heavy (non-hydrogen) atoms. The first-order valence-corrected chi connectivity index (χ1v) is 8.96. The van der Waals surface area contributed by atoms with Crippen molar-refractivity contribution in [3.05, 3.63) is 22.1 Å². The van der Waals surface area contributed by atoms with E-state index >= 15 is 0 Å². The Kier molecular flexibility index (Phi) is 8.83. The SMILES string of the molecule is CC[C@@H](C)[C@@H](NC(=O)CSc1nc(CC(=O)OC)cc(=O)[nH]1)C(=O)OC. The van der Waals surface area contributed by atoms with E-state index in [1.807, 2.05) is 13.8 Å². The molecule has 2 N–H and O–H groups in total. The van der Waals surface area contributed by atoms with E-state index in [1.165, 1.54) is 20.3 Å². The lowest BCUT2D eigenvalue weighted by molar-refractivity contribution is -0.146. The Morgan fingerprint density at radius 1 is 1.31 bits per heavy atom. The summed E-state index contributed by atoms with van der Waals surface area (Å²) in [4.78, 5) is 53.4. The van der Waals surface area contributed by atoms with Gasteiger partial charge in [-0.3, -0.25) is 14.4 Å². The van der Waals surface area contributed by atoms with Gasteiger partial charge < -0.3 is 19.8 Å². The number of ether oxygens (including phenoxy) is 2. The van der Waals surface area contributed by atoms with E-state index in [-0.39, 0.29) is 28.9 Å². The predicted molar refractivity (Wildman–Crippen MR) is 94.7 cm³/mol. The van der Waals surface area contributed by atoms with Crippen molar-refractivity contribution in [2.24, 2.45) is 5.92 Å². The number of carbonyl (C=O) groups excluding carboxylic acids is 3. The van der Waals surface area contributed by atoms with Crippen LogP contribution in [-0.2, 0) is 30.3 Å². The summed E-state index contributed by atoms with van der Waals surface area (Å²) in [6.07, 6.45) is 0.552. The molecule has 9 nitrogen and oxygen atoms in total. The number of thioether (sulfide) groups is 1. The summed E-state index contributed by atoms with van der Waals surface area (Å²) < 4.78 is 9.25. The van der Waals surface area contributed by atoms with Crippen LogP contribution in [0.4, 0.5) is 0 Å². The van der Waals surface area contributed by atoms with Crippen LogP contribution >= 0.6 is 11.8 Å². The van der Waals surface area contributed by atoms with E-state index in [0.717, 1.165) is 11.8 Å². The van der Waals surface area contributed by atoms with Crippen LogP contribution in [0.1, 0.15) is 26.0 Å². The second kappa shape index (κ2) is 10.6. The van der Waals surface area contributed by atoms with Crippen LogP contribution < -0.4 is 10.9 Å². The van der Waals surface area contributed by atoms with Crippen molar-refractivity contribution >= 4 is 29.6 Å². The van der Waals surface area contributed by atoms with Crippen LogP contribution in [0.5, 0.6) is 0 Å². The van der Waals surface area contributed by atoms with Gasteiger partial charge in [0.2, 0.25) is 5.91 Å². The Balaban J connectivity index is 2.73. The van der Waals surface area contributed by atoms with Crippen LogP contribution in [0.25, 0.3) is 0 Å². The van der Waals surface area contributed by atoms with Crippen molar-refractivity contribution in [2.45, 2.75) is 37.9 Å². The Labute approximate surface area is 155 Å². The number of aromatic amines is 1. The monoisotopic (exact) mass is 385 g/mol. The third-order valence-corrected chi connectivity index (χ3v) is 4.52. The van der Waals surface area contributed by atoms with Gasteiger partial charge in [-0.15, -0.1) is 0 Å². The third-order valence-electron chi connectivity index (χ3n) is 3.65. The zero-order chi connectivity index (χ0) is 19.7. The van der Waals surface area contributed by atoms with E-state index in [9.17, 15) is 19.2 Å². The van der Waals surface area contributed by atoms with Crippen LogP contribution in [0.15, 0.2) is 16.0 Å². The number of nitrogens with zero attached hydrogens (tertiary/aromatic N) is 1. The molecule has 0 spiro atoms. The maximum atomic E-state index is 12.1. The summed E-state index contributed by atoms with van der Waals surface area (Å²) in [7, 11) is 2.50. The van der Waals surface area contributed by atoms with Gasteiger partial charge in [-0.2, -0.15) is 0 Å². The number of H-pyrrole nitrogens is 1. The molecule has 144 valence electrons. The van der Waals surface area contributed by atoms with Crippen LogP contribution in [-0.4, -0.2) is 53.8 Å². The zero-order valence-corrected chi connectivity index (χ0v) is 16.0. The van der Waals surface area contributed by atoms with Gasteiger partial charge in [-0.1, -0.05) is 32.0 Å². The van der Waals surface area contributed by atoms with Crippen molar-refractivity contribution in [3.63, 3.8) is 0 Å². The molecule has 0 aliphatic carbocycles. The maximum absolute atomic E-state index is 12.1. The van der Waals surface area contributed by atoms with Gasteiger partial charge in [-0.05, 0) is 5.92 Å². The summed E-state index contributed by atoms with van der Waals surface area (Å²) in [6.45, 7) is 3.74. The van der Waals surface area contributed by atoms with Gasteiger partial charge in [0.05, 0.1) is 32.1 Å². The molecule has 2 atom stereocenters. The average Bonchev–Trinajstić information content (AvgIpc) is 2.62. The number of amides is 1. The number of nitrogens with one attached hydrogen (secondary N) is 2. The molecule has 1 aromatic rings. The second-order valence-corrected chi connectivity index (χ2v) is 6.50. The molecule has 1 aromatic heterocycles. The smallest absolute Gasteiger partial charge is 0.328 e. The summed E-state index contributed by atoms with van der Waals surface area (Å²) in [5.41, 5.74) is -0.190. The van der Waals surface area contributed by atoms with Crippen molar-refractivity contribution in [1.82, 2.24) is 15.3 Å². The molecule has 0 saturated heterocycles. The Morgan fingerprint density at radius 3 is 2.58 bits per heavy atom. The zero-order valence-electron chi connectivity index (χ0n) is 15.2. The molecular formula is C16H23N3O6S. The lowest BCUT2D eigenvalue weighted by Crippen LogP contribution is -2.46. The minimum absolute atomic E-state index is 0.0610. The summed E-state index contributed by atoms with van der Waals surface area (Å²) >= 11 is 0.989. The highest BCUT2D eigenvalue weighted by molar-refractivity contribution is 7.99. The molecule has 0 aromatic carbocycles. The molecule has 0 bridgehead atoms. The predicted octanol–water partition coefficient (Wildman–Crippen LogP) is 0.281. The number of aromatic nitrogens is 2. The normalized spacial score (nSPS) is 12.8. The second-order valence-electron chi connectivity index (χ2n) is 5.54. The fraction of sp³-hybridized carbons (Fsp3) is 0.562. The first-order chi connectivity index (χ1) is 12.3. The highest BCUT2D eigenvalue weighted by Crippen LogP contribution is 2.13. The third kappa shape index (κ3) is 6.87. The molecule has 0 aliphatic rings. The molecule has 0 aliphatic heterocycles. The number of hydrogen-bond donors (Lipinski definition) is 2. The molecule has 1 heterocycles. The standard InChI is InChI=1S/C16H23N3O6S/c1-5-9(2)14(15(23)25-4)18-12(21)8-26-16-17-10(6-11(20)19-16)7-13(22)24-3/h6,9,14H,5,7-8H2,1-4H3,(H,18,21)(H,17,19,20)/t9-,14-/m1/s1. The van der Waals surface area contributed by atoms with Crippen molar-refractivity contribution in [1.29, 1.82) is 0 Å². The van der Waals surface area contributed by atoms with Crippen molar-refractivity contribution in [2.75, 3.05) is 20.0 Å². The fourth-order valence-corrected chi connectivity index (χ4v) is 2.71. The molecule has 0 unspecified atom stereocenters. The fourth-order valence-electron chi connectivity index (χ4n) is 2.01. The summed E-state index contributed by atoms with van der Waals surface area (Å²) in [5.74, 6) is -1.57. The number of rotatable bonds is 9. The van der Waals surface area contributed by atoms with E-state index in [1.54, 1.807) is 0 Å². The molecule has 1 rings (SSSR count). The number of esters is 2. The summed E-state index contributed by atoms with van der Waals surface area (Å²) in [6, 6.07) is 0.452.